The fourth-order valence-corrected chi connectivity index (χ4v) is 2.48. The van der Waals surface area contributed by atoms with Crippen LogP contribution < -0.4 is 0 Å². The monoisotopic (exact) mass is 211 g/mol. The van der Waals surface area contributed by atoms with Gasteiger partial charge in [0.25, 0.3) is 0 Å². The zero-order chi connectivity index (χ0) is 11.1. The number of ketones is 1. The molecule has 16 heavy (non-hydrogen) atoms. The van der Waals surface area contributed by atoms with Crippen LogP contribution in [0.5, 0.6) is 0 Å². The van der Waals surface area contributed by atoms with Gasteiger partial charge in [0.2, 0.25) is 0 Å². The van der Waals surface area contributed by atoms with E-state index in [9.17, 15) is 4.79 Å². The van der Waals surface area contributed by atoms with Gasteiger partial charge in [-0.05, 0) is 29.7 Å². The molecule has 0 saturated heterocycles. The first kappa shape index (κ1) is 9.40. The Hall–Kier alpha value is -1.83. The number of carbonyl (C=O) groups excluding carboxylic acids is 1. The van der Waals surface area contributed by atoms with E-state index >= 15 is 0 Å². The lowest BCUT2D eigenvalue weighted by molar-refractivity contribution is -0.116. The standard InChI is InChI=1S/C14H13NO/c1-10-9-15-7-6-11(16)8-14(15)13-5-3-2-4-12(10)13/h2-7,9,14H,8H2,1H3. The van der Waals surface area contributed by atoms with Gasteiger partial charge in [0, 0.05) is 18.8 Å². The van der Waals surface area contributed by atoms with Crippen molar-refractivity contribution in [3.8, 4) is 0 Å². The van der Waals surface area contributed by atoms with Gasteiger partial charge in [-0.15, -0.1) is 0 Å². The van der Waals surface area contributed by atoms with Crippen LogP contribution in [0.4, 0.5) is 0 Å². The minimum Gasteiger partial charge on any atom is -0.346 e. The summed E-state index contributed by atoms with van der Waals surface area (Å²) in [5.41, 5.74) is 3.79. The minimum atomic E-state index is 0.192. The average molecular weight is 211 g/mol. The number of nitrogens with zero attached hydrogens (tertiary/aromatic N) is 1. The highest BCUT2D eigenvalue weighted by Crippen LogP contribution is 2.38. The first-order chi connectivity index (χ1) is 7.75. The summed E-state index contributed by atoms with van der Waals surface area (Å²) in [7, 11) is 0. The van der Waals surface area contributed by atoms with Crippen molar-refractivity contribution in [1.29, 1.82) is 0 Å². The molecule has 0 saturated carbocycles. The third kappa shape index (κ3) is 1.30. The molecule has 0 fully saturated rings. The summed E-state index contributed by atoms with van der Waals surface area (Å²) in [6.07, 6.45) is 6.25. The first-order valence-electron chi connectivity index (χ1n) is 5.52. The summed E-state index contributed by atoms with van der Waals surface area (Å²) in [6, 6.07) is 8.53. The van der Waals surface area contributed by atoms with Crippen molar-refractivity contribution in [2.75, 3.05) is 0 Å². The molecule has 0 aromatic heterocycles. The maximum absolute atomic E-state index is 11.5. The highest BCUT2D eigenvalue weighted by molar-refractivity contribution is 5.91. The third-order valence-electron chi connectivity index (χ3n) is 3.27. The Morgan fingerprint density at radius 3 is 3.00 bits per heavy atom. The van der Waals surface area contributed by atoms with Crippen molar-refractivity contribution >= 4 is 11.4 Å². The van der Waals surface area contributed by atoms with E-state index in [1.54, 1.807) is 6.08 Å². The van der Waals surface area contributed by atoms with Crippen molar-refractivity contribution in [1.82, 2.24) is 4.90 Å². The van der Waals surface area contributed by atoms with Crippen LogP contribution in [0.1, 0.15) is 30.5 Å². The van der Waals surface area contributed by atoms with E-state index in [0.29, 0.717) is 6.42 Å². The van der Waals surface area contributed by atoms with E-state index in [-0.39, 0.29) is 11.8 Å². The zero-order valence-corrected chi connectivity index (χ0v) is 9.18. The summed E-state index contributed by atoms with van der Waals surface area (Å²) in [4.78, 5) is 13.6. The van der Waals surface area contributed by atoms with Crippen molar-refractivity contribution in [2.45, 2.75) is 19.4 Å². The van der Waals surface area contributed by atoms with Gasteiger partial charge in [-0.3, -0.25) is 4.79 Å². The molecule has 1 aromatic rings. The molecule has 0 spiro atoms. The maximum Gasteiger partial charge on any atom is 0.159 e. The van der Waals surface area contributed by atoms with E-state index in [1.165, 1.54) is 16.7 Å². The molecule has 80 valence electrons. The lowest BCUT2D eigenvalue weighted by Crippen LogP contribution is -2.28. The Morgan fingerprint density at radius 2 is 2.12 bits per heavy atom. The van der Waals surface area contributed by atoms with Crippen LogP contribution in [-0.2, 0) is 4.79 Å². The van der Waals surface area contributed by atoms with Gasteiger partial charge < -0.3 is 4.90 Å². The lowest BCUT2D eigenvalue weighted by Gasteiger charge is -2.35. The van der Waals surface area contributed by atoms with Gasteiger partial charge in [-0.1, -0.05) is 24.3 Å². The van der Waals surface area contributed by atoms with Crippen LogP contribution >= 0.6 is 0 Å². The van der Waals surface area contributed by atoms with E-state index in [4.69, 9.17) is 0 Å². The highest BCUT2D eigenvalue weighted by atomic mass is 16.1. The van der Waals surface area contributed by atoms with Gasteiger partial charge >= 0.3 is 0 Å². The fourth-order valence-electron chi connectivity index (χ4n) is 2.48. The van der Waals surface area contributed by atoms with E-state index in [0.717, 1.165) is 0 Å². The third-order valence-corrected chi connectivity index (χ3v) is 3.27. The summed E-state index contributed by atoms with van der Waals surface area (Å²) in [5, 5.41) is 0. The van der Waals surface area contributed by atoms with E-state index in [1.807, 2.05) is 18.3 Å². The Kier molecular flexibility index (Phi) is 1.96. The summed E-state index contributed by atoms with van der Waals surface area (Å²) >= 11 is 0. The predicted molar refractivity (Wildman–Crippen MR) is 63.4 cm³/mol. The molecule has 0 radical (unpaired) electrons. The number of allylic oxidation sites excluding steroid dienone is 2. The number of hydrogen-bond acceptors (Lipinski definition) is 2. The van der Waals surface area contributed by atoms with Gasteiger partial charge in [0.15, 0.2) is 5.78 Å². The largest absolute Gasteiger partial charge is 0.346 e. The molecule has 1 aromatic carbocycles. The molecule has 0 N–H and O–H groups in total. The second kappa shape index (κ2) is 3.34. The molecular formula is C14H13NO. The smallest absolute Gasteiger partial charge is 0.159 e. The molecular weight excluding hydrogens is 198 g/mol. The number of hydrogen-bond donors (Lipinski definition) is 0. The topological polar surface area (TPSA) is 20.3 Å². The van der Waals surface area contributed by atoms with Crippen LogP contribution in [0.2, 0.25) is 0 Å². The van der Waals surface area contributed by atoms with Crippen LogP contribution in [0.15, 0.2) is 42.7 Å². The van der Waals surface area contributed by atoms with E-state index in [2.05, 4.69) is 30.2 Å². The number of carbonyl (C=O) groups is 1. The molecule has 2 aliphatic heterocycles. The van der Waals surface area contributed by atoms with Crippen molar-refractivity contribution in [3.63, 3.8) is 0 Å². The summed E-state index contributed by atoms with van der Waals surface area (Å²) in [5.74, 6) is 0.212. The van der Waals surface area contributed by atoms with Gasteiger partial charge in [0.1, 0.15) is 0 Å². The normalized spacial score (nSPS) is 22.6. The van der Waals surface area contributed by atoms with Gasteiger partial charge in [-0.2, -0.15) is 0 Å². The molecule has 2 heteroatoms. The number of rotatable bonds is 0. The van der Waals surface area contributed by atoms with Gasteiger partial charge in [0.05, 0.1) is 6.04 Å². The zero-order valence-electron chi connectivity index (χ0n) is 9.18. The Balaban J connectivity index is 2.16. The molecule has 0 aliphatic carbocycles. The number of fused-ring (bicyclic) bond motifs is 3. The first-order valence-corrected chi connectivity index (χ1v) is 5.52. The Morgan fingerprint density at radius 1 is 1.31 bits per heavy atom. The van der Waals surface area contributed by atoms with E-state index < -0.39 is 0 Å². The molecule has 0 bridgehead atoms. The summed E-state index contributed by atoms with van der Waals surface area (Å²) < 4.78 is 0. The molecule has 3 rings (SSSR count). The van der Waals surface area contributed by atoms with Crippen LogP contribution in [0, 0.1) is 0 Å². The Labute approximate surface area is 94.9 Å². The maximum atomic E-state index is 11.5. The molecule has 1 unspecified atom stereocenters. The molecule has 2 aliphatic rings. The summed E-state index contributed by atoms with van der Waals surface area (Å²) in [6.45, 7) is 2.11. The molecule has 0 amide bonds. The SMILES string of the molecule is CC1=CN2C=CC(=O)CC2c2ccccc21. The lowest BCUT2D eigenvalue weighted by atomic mass is 9.88. The van der Waals surface area contributed by atoms with Crippen LogP contribution in [-0.4, -0.2) is 10.7 Å². The van der Waals surface area contributed by atoms with Crippen LogP contribution in [0.25, 0.3) is 5.57 Å². The second-order valence-electron chi connectivity index (χ2n) is 4.35. The quantitative estimate of drug-likeness (QED) is 0.657. The fraction of sp³-hybridized carbons (Fsp3) is 0.214. The van der Waals surface area contributed by atoms with Crippen molar-refractivity contribution < 1.29 is 4.79 Å². The minimum absolute atomic E-state index is 0.192. The number of benzene rings is 1. The van der Waals surface area contributed by atoms with Gasteiger partial charge in [-0.25, -0.2) is 0 Å². The second-order valence-corrected chi connectivity index (χ2v) is 4.35. The van der Waals surface area contributed by atoms with Crippen LogP contribution in [0.3, 0.4) is 0 Å². The average Bonchev–Trinajstić information content (AvgIpc) is 2.31. The molecule has 1 atom stereocenters. The molecule has 2 nitrogen and oxygen atoms in total. The molecule has 2 heterocycles. The van der Waals surface area contributed by atoms with Crippen molar-refractivity contribution in [2.24, 2.45) is 0 Å². The Bertz CT molecular complexity index is 513. The highest BCUT2D eigenvalue weighted by Gasteiger charge is 2.28. The predicted octanol–water partition coefficient (Wildman–Crippen LogP) is 2.89. The van der Waals surface area contributed by atoms with Crippen molar-refractivity contribution in [3.05, 3.63) is 53.9 Å².